The van der Waals surface area contributed by atoms with Crippen LogP contribution in [0.25, 0.3) is 0 Å². The summed E-state index contributed by atoms with van der Waals surface area (Å²) in [4.78, 5) is 49.9. The second kappa shape index (κ2) is 9.41. The van der Waals surface area contributed by atoms with Gasteiger partial charge in [-0.25, -0.2) is 4.79 Å². The normalized spacial score (nSPS) is 15.8. The molecule has 0 bridgehead atoms. The minimum atomic E-state index is -0.694. The fourth-order valence-corrected chi connectivity index (χ4v) is 3.03. The summed E-state index contributed by atoms with van der Waals surface area (Å²) in [6, 6.07) is 7.90. The summed E-state index contributed by atoms with van der Waals surface area (Å²) < 4.78 is 15.0. The number of nitrogens with zero attached hydrogens (tertiary/aromatic N) is 2. The number of benzene rings is 1. The molecule has 0 aliphatic carbocycles. The quantitative estimate of drug-likeness (QED) is 0.663. The molecule has 10 nitrogen and oxygen atoms in total. The molecule has 1 aliphatic heterocycles. The van der Waals surface area contributed by atoms with Gasteiger partial charge in [-0.1, -0.05) is 5.16 Å². The molecule has 0 spiro atoms. The van der Waals surface area contributed by atoms with Crippen LogP contribution in [0, 0.1) is 12.8 Å². The lowest BCUT2D eigenvalue weighted by atomic mass is 10.1. The van der Waals surface area contributed by atoms with E-state index in [0.29, 0.717) is 17.0 Å². The second-order valence-corrected chi connectivity index (χ2v) is 7.39. The predicted octanol–water partition coefficient (Wildman–Crippen LogP) is 2.08. The molecule has 0 radical (unpaired) electrons. The predicted molar refractivity (Wildman–Crippen MR) is 108 cm³/mol. The molecule has 1 N–H and O–H groups in total. The number of esters is 2. The largest absolute Gasteiger partial charge is 0.459 e. The van der Waals surface area contributed by atoms with Crippen LogP contribution < -0.4 is 10.2 Å². The molecular formula is C21H23N3O7. The third-order valence-corrected chi connectivity index (χ3v) is 4.46. The maximum Gasteiger partial charge on any atom is 0.338 e. The Bertz CT molecular complexity index is 981. The lowest BCUT2D eigenvalue weighted by Gasteiger charge is -2.17. The Kier molecular flexibility index (Phi) is 6.68. The number of rotatable bonds is 7. The van der Waals surface area contributed by atoms with Gasteiger partial charge < -0.3 is 24.2 Å². The van der Waals surface area contributed by atoms with E-state index in [9.17, 15) is 19.2 Å². The molecule has 1 aliphatic rings. The highest BCUT2D eigenvalue weighted by molar-refractivity contribution is 6.00. The first-order valence-corrected chi connectivity index (χ1v) is 9.74. The lowest BCUT2D eigenvalue weighted by molar-refractivity contribution is -0.151. The Morgan fingerprint density at radius 1 is 1.26 bits per heavy atom. The Labute approximate surface area is 178 Å². The first-order valence-electron chi connectivity index (χ1n) is 9.74. The number of amides is 2. The third-order valence-electron chi connectivity index (χ3n) is 4.46. The van der Waals surface area contributed by atoms with Crippen LogP contribution in [0.4, 0.5) is 11.5 Å². The van der Waals surface area contributed by atoms with Gasteiger partial charge in [-0.2, -0.15) is 0 Å². The van der Waals surface area contributed by atoms with E-state index in [2.05, 4.69) is 10.5 Å². The fourth-order valence-electron chi connectivity index (χ4n) is 3.03. The summed E-state index contributed by atoms with van der Waals surface area (Å²) in [5, 5.41) is 6.06. The van der Waals surface area contributed by atoms with E-state index in [4.69, 9.17) is 14.0 Å². The average molecular weight is 429 g/mol. The van der Waals surface area contributed by atoms with Gasteiger partial charge in [0.2, 0.25) is 5.91 Å². The van der Waals surface area contributed by atoms with Gasteiger partial charge in [0.05, 0.1) is 17.6 Å². The zero-order chi connectivity index (χ0) is 22.5. The molecule has 1 aromatic carbocycles. The van der Waals surface area contributed by atoms with Crippen molar-refractivity contribution in [2.24, 2.45) is 5.92 Å². The number of ether oxygens (including phenoxy) is 2. The number of aryl methyl sites for hydroxylation is 1. The minimum absolute atomic E-state index is 0.0277. The van der Waals surface area contributed by atoms with Crippen LogP contribution in [0.1, 0.15) is 36.4 Å². The molecule has 0 unspecified atom stereocenters. The molecule has 1 atom stereocenters. The van der Waals surface area contributed by atoms with Crippen molar-refractivity contribution in [2.75, 3.05) is 23.4 Å². The van der Waals surface area contributed by atoms with Crippen LogP contribution in [0.3, 0.4) is 0 Å². The molecule has 2 amide bonds. The number of carbonyl (C=O) groups excluding carboxylic acids is 4. The van der Waals surface area contributed by atoms with Crippen molar-refractivity contribution >= 4 is 35.3 Å². The molecule has 1 aromatic heterocycles. The average Bonchev–Trinajstić information content (AvgIpc) is 3.31. The molecule has 164 valence electrons. The van der Waals surface area contributed by atoms with Crippen molar-refractivity contribution in [1.29, 1.82) is 0 Å². The maximum atomic E-state index is 12.4. The smallest absolute Gasteiger partial charge is 0.338 e. The number of hydrogen-bond donors (Lipinski definition) is 1. The monoisotopic (exact) mass is 429 g/mol. The summed E-state index contributed by atoms with van der Waals surface area (Å²) >= 11 is 0. The van der Waals surface area contributed by atoms with Gasteiger partial charge in [0, 0.05) is 24.7 Å². The van der Waals surface area contributed by atoms with Gasteiger partial charge in [-0.15, -0.1) is 0 Å². The Morgan fingerprint density at radius 2 is 1.97 bits per heavy atom. The van der Waals surface area contributed by atoms with E-state index in [1.165, 1.54) is 11.0 Å². The summed E-state index contributed by atoms with van der Waals surface area (Å²) in [5.74, 6) is -1.84. The molecule has 0 saturated carbocycles. The highest BCUT2D eigenvalue weighted by atomic mass is 16.5. The number of carbonyl (C=O) groups is 4. The molecule has 1 saturated heterocycles. The Hall–Kier alpha value is -3.69. The zero-order valence-electron chi connectivity index (χ0n) is 17.4. The summed E-state index contributed by atoms with van der Waals surface area (Å²) in [7, 11) is 0. The first kappa shape index (κ1) is 22.0. The van der Waals surface area contributed by atoms with Crippen LogP contribution >= 0.6 is 0 Å². The van der Waals surface area contributed by atoms with E-state index in [0.717, 1.165) is 0 Å². The van der Waals surface area contributed by atoms with Crippen molar-refractivity contribution < 1.29 is 33.2 Å². The van der Waals surface area contributed by atoms with E-state index < -0.39 is 30.4 Å². The van der Waals surface area contributed by atoms with Crippen LogP contribution in [0.5, 0.6) is 0 Å². The van der Waals surface area contributed by atoms with E-state index >= 15 is 0 Å². The Morgan fingerprint density at radius 3 is 2.58 bits per heavy atom. The van der Waals surface area contributed by atoms with Gasteiger partial charge in [-0.05, 0) is 45.0 Å². The van der Waals surface area contributed by atoms with Crippen molar-refractivity contribution in [1.82, 2.24) is 5.16 Å². The molecule has 2 heterocycles. The van der Waals surface area contributed by atoms with Gasteiger partial charge >= 0.3 is 11.9 Å². The van der Waals surface area contributed by atoms with Crippen LogP contribution in [-0.2, 0) is 23.9 Å². The number of hydrogen-bond acceptors (Lipinski definition) is 8. The third kappa shape index (κ3) is 5.68. The second-order valence-electron chi connectivity index (χ2n) is 7.39. The highest BCUT2D eigenvalue weighted by Crippen LogP contribution is 2.26. The lowest BCUT2D eigenvalue weighted by Crippen LogP contribution is -2.28. The van der Waals surface area contributed by atoms with E-state index in [1.807, 2.05) is 0 Å². The zero-order valence-corrected chi connectivity index (χ0v) is 17.4. The van der Waals surface area contributed by atoms with Gasteiger partial charge in [0.15, 0.2) is 12.4 Å². The summed E-state index contributed by atoms with van der Waals surface area (Å²) in [5.41, 5.74) is 0.925. The SMILES string of the molecule is Cc1cc(NC(=O)COC(=O)[C@H]2CC(=O)N(c3ccc(C(=O)OC(C)C)cc3)C2)no1. The van der Waals surface area contributed by atoms with E-state index in [-0.39, 0.29) is 30.8 Å². The molecule has 1 fully saturated rings. The summed E-state index contributed by atoms with van der Waals surface area (Å²) in [6.45, 7) is 4.82. The molecule has 31 heavy (non-hydrogen) atoms. The van der Waals surface area contributed by atoms with Crippen molar-refractivity contribution in [3.63, 3.8) is 0 Å². The number of anilines is 2. The van der Waals surface area contributed by atoms with Crippen molar-refractivity contribution in [2.45, 2.75) is 33.3 Å². The standard InChI is InChI=1S/C21H23N3O7/c1-12(2)30-21(28)14-4-6-16(7-5-14)24-10-15(9-19(24)26)20(27)29-11-18(25)22-17-8-13(3)31-23-17/h4-8,12,15H,9-11H2,1-3H3,(H,22,23,25)/t15-/m0/s1. The topological polar surface area (TPSA) is 128 Å². The van der Waals surface area contributed by atoms with Gasteiger partial charge in [-0.3, -0.25) is 14.4 Å². The Balaban J connectivity index is 1.52. The van der Waals surface area contributed by atoms with Gasteiger partial charge in [0.25, 0.3) is 5.91 Å². The fraction of sp³-hybridized carbons (Fsp3) is 0.381. The van der Waals surface area contributed by atoms with E-state index in [1.54, 1.807) is 45.0 Å². The molecule has 2 aromatic rings. The minimum Gasteiger partial charge on any atom is -0.459 e. The van der Waals surface area contributed by atoms with Crippen LogP contribution in [0.2, 0.25) is 0 Å². The summed E-state index contributed by atoms with van der Waals surface area (Å²) in [6.07, 6.45) is -0.263. The van der Waals surface area contributed by atoms with Crippen LogP contribution in [-0.4, -0.2) is 48.2 Å². The maximum absolute atomic E-state index is 12.4. The molecule has 3 rings (SSSR count). The van der Waals surface area contributed by atoms with Crippen molar-refractivity contribution in [3.8, 4) is 0 Å². The number of aromatic nitrogens is 1. The highest BCUT2D eigenvalue weighted by Gasteiger charge is 2.36. The van der Waals surface area contributed by atoms with Crippen molar-refractivity contribution in [3.05, 3.63) is 41.7 Å². The number of nitrogens with one attached hydrogen (secondary N) is 1. The molecule has 10 heteroatoms. The van der Waals surface area contributed by atoms with Gasteiger partial charge in [0.1, 0.15) is 5.76 Å². The molecular weight excluding hydrogens is 406 g/mol. The first-order chi connectivity index (χ1) is 14.7. The van der Waals surface area contributed by atoms with Crippen LogP contribution in [0.15, 0.2) is 34.9 Å².